The van der Waals surface area contributed by atoms with Crippen molar-refractivity contribution < 1.29 is 9.53 Å². The van der Waals surface area contributed by atoms with Gasteiger partial charge >= 0.3 is 0 Å². The molecule has 1 N–H and O–H groups in total. The van der Waals surface area contributed by atoms with Crippen molar-refractivity contribution in [3.8, 4) is 16.3 Å². The highest BCUT2D eigenvalue weighted by Crippen LogP contribution is 2.31. The van der Waals surface area contributed by atoms with Gasteiger partial charge in [0.05, 0.1) is 15.2 Å². The number of hydrogen-bond donors (Lipinski definition) is 1. The predicted octanol–water partition coefficient (Wildman–Crippen LogP) is 6.71. The number of aromatic nitrogens is 1. The number of amides is 1. The molecular weight excluding hydrogens is 472 g/mol. The highest BCUT2D eigenvalue weighted by Gasteiger charge is 2.09. The van der Waals surface area contributed by atoms with Gasteiger partial charge in [-0.15, -0.1) is 11.3 Å². The average molecular weight is 488 g/mol. The minimum absolute atomic E-state index is 0.125. The van der Waals surface area contributed by atoms with E-state index < -0.39 is 0 Å². The molecule has 1 heterocycles. The second-order valence-corrected chi connectivity index (χ2v) is 8.83. The lowest BCUT2D eigenvalue weighted by molar-refractivity contribution is -0.118. The molecule has 4 rings (SSSR count). The molecule has 0 aliphatic carbocycles. The standard InChI is InChI=1S/C22H16BrClN2O2S/c1-13-2-8-18-20(10-13)29-22(26-18)14-3-6-16(7-4-14)25-21(27)12-28-19-9-5-15(23)11-17(19)24/h2-11H,12H2,1H3,(H,25,27). The summed E-state index contributed by atoms with van der Waals surface area (Å²) < 4.78 is 7.51. The van der Waals surface area contributed by atoms with Crippen LogP contribution < -0.4 is 10.1 Å². The Hall–Kier alpha value is -2.41. The van der Waals surface area contributed by atoms with E-state index in [1.807, 2.05) is 30.3 Å². The number of halogens is 2. The zero-order valence-electron chi connectivity index (χ0n) is 15.4. The molecule has 4 nitrogen and oxygen atoms in total. The van der Waals surface area contributed by atoms with Crippen LogP contribution in [0.1, 0.15) is 5.56 Å². The van der Waals surface area contributed by atoms with Gasteiger partial charge in [-0.05, 0) is 67.1 Å². The Labute approximate surface area is 185 Å². The van der Waals surface area contributed by atoms with E-state index in [9.17, 15) is 4.79 Å². The fraction of sp³-hybridized carbons (Fsp3) is 0.0909. The van der Waals surface area contributed by atoms with Gasteiger partial charge in [-0.1, -0.05) is 33.6 Å². The zero-order valence-corrected chi connectivity index (χ0v) is 18.6. The average Bonchev–Trinajstić information content (AvgIpc) is 3.11. The smallest absolute Gasteiger partial charge is 0.262 e. The second-order valence-electron chi connectivity index (χ2n) is 6.48. The number of benzene rings is 3. The summed E-state index contributed by atoms with van der Waals surface area (Å²) in [5.74, 6) is 0.207. The molecule has 0 fully saturated rings. The van der Waals surface area contributed by atoms with Crippen molar-refractivity contribution >= 4 is 60.7 Å². The number of nitrogens with one attached hydrogen (secondary N) is 1. The Morgan fingerprint density at radius 2 is 1.93 bits per heavy atom. The lowest BCUT2D eigenvalue weighted by Gasteiger charge is -2.09. The first-order valence-corrected chi connectivity index (χ1v) is 10.8. The number of anilines is 1. The van der Waals surface area contributed by atoms with E-state index in [0.717, 1.165) is 20.6 Å². The Balaban J connectivity index is 1.40. The highest BCUT2D eigenvalue weighted by atomic mass is 79.9. The van der Waals surface area contributed by atoms with Crippen LogP contribution in [0.3, 0.4) is 0 Å². The first-order chi connectivity index (χ1) is 14.0. The van der Waals surface area contributed by atoms with Crippen LogP contribution >= 0.6 is 38.9 Å². The third-order valence-corrected chi connectivity index (χ3v) is 6.07. The van der Waals surface area contributed by atoms with Crippen molar-refractivity contribution in [2.24, 2.45) is 0 Å². The van der Waals surface area contributed by atoms with Gasteiger partial charge in [-0.2, -0.15) is 0 Å². The minimum Gasteiger partial charge on any atom is -0.482 e. The van der Waals surface area contributed by atoms with E-state index >= 15 is 0 Å². The lowest BCUT2D eigenvalue weighted by Crippen LogP contribution is -2.20. The Morgan fingerprint density at radius 3 is 2.69 bits per heavy atom. The van der Waals surface area contributed by atoms with Gasteiger partial charge in [0.2, 0.25) is 0 Å². The second kappa shape index (κ2) is 8.53. The molecule has 4 aromatic rings. The number of thiazole rings is 1. The molecule has 0 aliphatic rings. The van der Waals surface area contributed by atoms with Gasteiger partial charge in [-0.25, -0.2) is 4.98 Å². The topological polar surface area (TPSA) is 51.2 Å². The largest absolute Gasteiger partial charge is 0.482 e. The van der Waals surface area contributed by atoms with E-state index in [0.29, 0.717) is 16.5 Å². The summed E-state index contributed by atoms with van der Waals surface area (Å²) in [7, 11) is 0. The van der Waals surface area contributed by atoms with E-state index in [1.54, 1.807) is 29.5 Å². The van der Waals surface area contributed by atoms with Crippen LogP contribution in [0.25, 0.3) is 20.8 Å². The molecule has 1 amide bonds. The molecule has 0 spiro atoms. The summed E-state index contributed by atoms with van der Waals surface area (Å²) in [4.78, 5) is 16.9. The molecular formula is C22H16BrClN2O2S. The molecule has 7 heteroatoms. The quantitative estimate of drug-likeness (QED) is 0.340. The number of hydrogen-bond acceptors (Lipinski definition) is 4. The van der Waals surface area contributed by atoms with Crippen molar-refractivity contribution in [3.05, 3.63) is 75.7 Å². The van der Waals surface area contributed by atoms with E-state index in [2.05, 4.69) is 45.3 Å². The van der Waals surface area contributed by atoms with Crippen LogP contribution in [0, 0.1) is 6.92 Å². The monoisotopic (exact) mass is 486 g/mol. The summed E-state index contributed by atoms with van der Waals surface area (Å²) >= 11 is 11.1. The number of carbonyl (C=O) groups is 1. The maximum absolute atomic E-state index is 12.2. The minimum atomic E-state index is -0.257. The van der Waals surface area contributed by atoms with E-state index in [-0.39, 0.29) is 12.5 Å². The van der Waals surface area contributed by atoms with Crippen molar-refractivity contribution in [1.29, 1.82) is 0 Å². The van der Waals surface area contributed by atoms with E-state index in [4.69, 9.17) is 16.3 Å². The van der Waals surface area contributed by atoms with Crippen molar-refractivity contribution in [2.45, 2.75) is 6.92 Å². The summed E-state index contributed by atoms with van der Waals surface area (Å²) in [6.07, 6.45) is 0. The molecule has 0 unspecified atom stereocenters. The lowest BCUT2D eigenvalue weighted by atomic mass is 10.2. The SMILES string of the molecule is Cc1ccc2nc(-c3ccc(NC(=O)COc4ccc(Br)cc4Cl)cc3)sc2c1. The van der Waals surface area contributed by atoms with Crippen LogP contribution in [0.4, 0.5) is 5.69 Å². The van der Waals surface area contributed by atoms with Crippen LogP contribution in [0.5, 0.6) is 5.75 Å². The highest BCUT2D eigenvalue weighted by molar-refractivity contribution is 9.10. The van der Waals surface area contributed by atoms with Crippen molar-refractivity contribution in [2.75, 3.05) is 11.9 Å². The van der Waals surface area contributed by atoms with Crippen LogP contribution in [0.2, 0.25) is 5.02 Å². The van der Waals surface area contributed by atoms with Gasteiger partial charge in [0, 0.05) is 15.7 Å². The van der Waals surface area contributed by atoms with Gasteiger partial charge < -0.3 is 10.1 Å². The van der Waals surface area contributed by atoms with Crippen LogP contribution in [0.15, 0.2) is 65.1 Å². The first-order valence-electron chi connectivity index (χ1n) is 8.83. The van der Waals surface area contributed by atoms with Gasteiger partial charge in [0.25, 0.3) is 5.91 Å². The summed E-state index contributed by atoms with van der Waals surface area (Å²) in [6.45, 7) is 1.95. The Morgan fingerprint density at radius 1 is 1.14 bits per heavy atom. The van der Waals surface area contributed by atoms with Gasteiger partial charge in [-0.3, -0.25) is 4.79 Å². The zero-order chi connectivity index (χ0) is 20.4. The fourth-order valence-electron chi connectivity index (χ4n) is 2.78. The maximum atomic E-state index is 12.2. The number of carbonyl (C=O) groups excluding carboxylic acids is 1. The predicted molar refractivity (Wildman–Crippen MR) is 123 cm³/mol. The molecule has 3 aromatic carbocycles. The molecule has 0 radical (unpaired) electrons. The normalized spacial score (nSPS) is 10.9. The molecule has 1 aromatic heterocycles. The number of aryl methyl sites for hydroxylation is 1. The first kappa shape index (κ1) is 19.9. The number of nitrogens with zero attached hydrogens (tertiary/aromatic N) is 1. The summed E-state index contributed by atoms with van der Waals surface area (Å²) in [5, 5.41) is 4.22. The number of fused-ring (bicyclic) bond motifs is 1. The van der Waals surface area contributed by atoms with Crippen molar-refractivity contribution in [3.63, 3.8) is 0 Å². The molecule has 146 valence electrons. The molecule has 0 aliphatic heterocycles. The molecule has 0 bridgehead atoms. The number of ether oxygens (including phenoxy) is 1. The third-order valence-electron chi connectivity index (χ3n) is 4.21. The third kappa shape index (κ3) is 4.78. The van der Waals surface area contributed by atoms with Gasteiger partial charge in [0.1, 0.15) is 10.8 Å². The Bertz CT molecular complexity index is 1190. The van der Waals surface area contributed by atoms with Crippen LogP contribution in [-0.4, -0.2) is 17.5 Å². The van der Waals surface area contributed by atoms with Gasteiger partial charge in [0.15, 0.2) is 6.61 Å². The summed E-state index contributed by atoms with van der Waals surface area (Å²) in [5.41, 5.74) is 3.93. The molecule has 0 saturated carbocycles. The van der Waals surface area contributed by atoms with Crippen LogP contribution in [-0.2, 0) is 4.79 Å². The molecule has 0 atom stereocenters. The molecule has 0 saturated heterocycles. The van der Waals surface area contributed by atoms with E-state index in [1.165, 1.54) is 10.3 Å². The summed E-state index contributed by atoms with van der Waals surface area (Å²) in [6, 6.07) is 19.1. The fourth-order valence-corrected chi connectivity index (χ4v) is 4.58. The van der Waals surface area contributed by atoms with Crippen molar-refractivity contribution in [1.82, 2.24) is 4.98 Å². The number of rotatable bonds is 5. The molecule has 29 heavy (non-hydrogen) atoms. The maximum Gasteiger partial charge on any atom is 0.262 e. The Kier molecular flexibility index (Phi) is 5.85.